The topological polar surface area (TPSA) is 159 Å². The Labute approximate surface area is 175 Å². The molecule has 0 aliphatic heterocycles. The number of nitrogens with one attached hydrogen (secondary N) is 4. The van der Waals surface area contributed by atoms with Crippen LogP contribution in [0.1, 0.15) is 5.56 Å². The monoisotopic (exact) mass is 431 g/mol. The number of carbonyl (C=O) groups is 1. The molecule has 0 saturated heterocycles. The second-order valence-electron chi connectivity index (χ2n) is 6.24. The van der Waals surface area contributed by atoms with Gasteiger partial charge in [-0.25, -0.2) is 4.63 Å². The minimum absolute atomic E-state index is 0.0325. The first-order valence-corrected chi connectivity index (χ1v) is 9.38. The van der Waals surface area contributed by atoms with E-state index >= 15 is 0 Å². The first-order chi connectivity index (χ1) is 14.5. The molecule has 2 aromatic carbocycles. The Hall–Kier alpha value is -3.73. The molecule has 0 fully saturated rings. The molecule has 3 rings (SSSR count). The number of amides is 1. The Balaban J connectivity index is 1.80. The number of hydrogen-bond acceptors (Lipinski definition) is 8. The van der Waals surface area contributed by atoms with Gasteiger partial charge in [-0.2, -0.15) is 0 Å². The van der Waals surface area contributed by atoms with Crippen molar-refractivity contribution in [2.24, 2.45) is 0 Å². The molecule has 0 saturated carbocycles. The van der Waals surface area contributed by atoms with E-state index < -0.39 is 11.0 Å². The minimum atomic E-state index is -0.835. The molecule has 0 bridgehead atoms. The van der Waals surface area contributed by atoms with Crippen molar-refractivity contribution in [3.05, 3.63) is 58.1 Å². The van der Waals surface area contributed by atoms with Crippen LogP contribution in [0.4, 0.5) is 11.4 Å². The van der Waals surface area contributed by atoms with Gasteiger partial charge in [0.2, 0.25) is 11.4 Å². The van der Waals surface area contributed by atoms with Gasteiger partial charge in [0.15, 0.2) is 5.52 Å². The fourth-order valence-corrected chi connectivity index (χ4v) is 2.79. The summed E-state index contributed by atoms with van der Waals surface area (Å²) in [6.45, 7) is 0.363. The molecule has 3 aromatic rings. The van der Waals surface area contributed by atoms with Crippen LogP contribution >= 0.6 is 11.6 Å². The highest BCUT2D eigenvalue weighted by molar-refractivity contribution is 6.27. The molecule has 0 aliphatic carbocycles. The summed E-state index contributed by atoms with van der Waals surface area (Å²) in [5.74, 6) is -0.333. The number of hydrogen-bond donors (Lipinski definition) is 4. The maximum atomic E-state index is 12.8. The van der Waals surface area contributed by atoms with Crippen LogP contribution in [0.2, 0.25) is 0 Å². The number of fused-ring (bicyclic) bond motifs is 1. The number of non-ortho nitro benzene ring substituents is 1. The number of aromatic nitrogens is 2. The Morgan fingerprint density at radius 1 is 1.17 bits per heavy atom. The summed E-state index contributed by atoms with van der Waals surface area (Å²) in [4.78, 5) is 23.3. The summed E-state index contributed by atoms with van der Waals surface area (Å²) in [5, 5.41) is 34.7. The number of nitrogens with zero attached hydrogens (tertiary/aromatic N) is 3. The number of rotatable bonds is 9. The number of nitro groups is 1. The molecule has 0 aliphatic rings. The molecule has 11 nitrogen and oxygen atoms in total. The van der Waals surface area contributed by atoms with E-state index in [1.165, 1.54) is 12.1 Å². The van der Waals surface area contributed by atoms with Crippen LogP contribution in [0.15, 0.2) is 47.1 Å². The van der Waals surface area contributed by atoms with Crippen LogP contribution in [0.5, 0.6) is 0 Å². The average Bonchev–Trinajstić information content (AvgIpc) is 3.25. The molecule has 156 valence electrons. The van der Waals surface area contributed by atoms with Gasteiger partial charge in [0.05, 0.1) is 16.5 Å². The highest BCUT2D eigenvalue weighted by Crippen LogP contribution is 2.29. The molecule has 0 spiro atoms. The van der Waals surface area contributed by atoms with Gasteiger partial charge < -0.3 is 16.0 Å². The molecule has 0 unspecified atom stereocenters. The van der Waals surface area contributed by atoms with Gasteiger partial charge in [-0.15, -0.1) is 11.6 Å². The van der Waals surface area contributed by atoms with Gasteiger partial charge in [0.1, 0.15) is 11.9 Å². The largest absolute Gasteiger partial charge is 0.370 e. The third-order valence-electron chi connectivity index (χ3n) is 4.20. The summed E-state index contributed by atoms with van der Waals surface area (Å²) < 4.78 is 4.65. The summed E-state index contributed by atoms with van der Waals surface area (Å²) in [6, 6.07) is 11.2. The maximum Gasteiger partial charge on any atom is 0.300 e. The lowest BCUT2D eigenvalue weighted by Crippen LogP contribution is -2.47. The predicted molar refractivity (Wildman–Crippen MR) is 111 cm³/mol. The van der Waals surface area contributed by atoms with Gasteiger partial charge in [-0.3, -0.25) is 20.3 Å². The fraction of sp³-hybridized carbons (Fsp3) is 0.222. The van der Waals surface area contributed by atoms with Crippen LogP contribution in [-0.4, -0.2) is 45.4 Å². The lowest BCUT2D eigenvalue weighted by molar-refractivity contribution is -0.383. The summed E-state index contributed by atoms with van der Waals surface area (Å²) in [6.07, 6.45) is 0. The first kappa shape index (κ1) is 21.0. The molecule has 4 N–H and O–H groups in total. The second kappa shape index (κ2) is 9.65. The van der Waals surface area contributed by atoms with E-state index in [-0.39, 0.29) is 40.9 Å². The van der Waals surface area contributed by atoms with Gasteiger partial charge in [0.25, 0.3) is 0 Å². The normalized spacial score (nSPS) is 11.6. The summed E-state index contributed by atoms with van der Waals surface area (Å²) in [5.41, 5.74) is 1.08. The third-order valence-corrected chi connectivity index (χ3v) is 4.47. The van der Waals surface area contributed by atoms with Gasteiger partial charge in [0, 0.05) is 19.2 Å². The summed E-state index contributed by atoms with van der Waals surface area (Å²) in [7, 11) is 0. The number of nitro benzene ring substituents is 1. The smallest absolute Gasteiger partial charge is 0.300 e. The second-order valence-corrected chi connectivity index (χ2v) is 6.51. The van der Waals surface area contributed by atoms with Crippen molar-refractivity contribution in [2.45, 2.75) is 12.6 Å². The van der Waals surface area contributed by atoms with E-state index in [4.69, 9.17) is 17.0 Å². The van der Waals surface area contributed by atoms with Crippen molar-refractivity contribution < 1.29 is 14.3 Å². The van der Waals surface area contributed by atoms with Gasteiger partial charge >= 0.3 is 5.69 Å². The average molecular weight is 432 g/mol. The Morgan fingerprint density at radius 3 is 2.60 bits per heavy atom. The highest BCUT2D eigenvalue weighted by atomic mass is 35.5. The van der Waals surface area contributed by atoms with Crippen molar-refractivity contribution in [1.82, 2.24) is 20.9 Å². The van der Waals surface area contributed by atoms with Crippen LogP contribution in [0.3, 0.4) is 0 Å². The standard InChI is InChI=1S/C18H18ClN7O4/c19-8-15(20)21-10-13(18(27)22-9-11-4-2-1-3-5-11)23-12-6-7-14(26(28)29)17-16(12)24-30-25-17/h1-7,13,23H,8-10H2,(H2,20,21)(H,22,27)/t13-/m0/s1. The zero-order valence-electron chi connectivity index (χ0n) is 15.6. The van der Waals surface area contributed by atoms with Crippen molar-refractivity contribution in [3.8, 4) is 0 Å². The zero-order valence-corrected chi connectivity index (χ0v) is 16.3. The highest BCUT2D eigenvalue weighted by Gasteiger charge is 2.24. The van der Waals surface area contributed by atoms with E-state index in [0.29, 0.717) is 12.2 Å². The lowest BCUT2D eigenvalue weighted by atomic mass is 10.2. The lowest BCUT2D eigenvalue weighted by Gasteiger charge is -2.20. The molecule has 1 heterocycles. The van der Waals surface area contributed by atoms with Crippen LogP contribution in [0, 0.1) is 15.5 Å². The van der Waals surface area contributed by atoms with E-state index in [1.54, 1.807) is 0 Å². The third kappa shape index (κ3) is 5.00. The van der Waals surface area contributed by atoms with Crippen molar-refractivity contribution in [1.29, 1.82) is 5.41 Å². The number of benzene rings is 2. The molecule has 30 heavy (non-hydrogen) atoms. The number of anilines is 1. The molecular formula is C18H18ClN7O4. The first-order valence-electron chi connectivity index (χ1n) is 8.84. The number of alkyl halides is 1. The van der Waals surface area contributed by atoms with E-state index in [2.05, 4.69) is 30.9 Å². The number of halogens is 1. The summed E-state index contributed by atoms with van der Waals surface area (Å²) >= 11 is 5.62. The van der Waals surface area contributed by atoms with Crippen LogP contribution < -0.4 is 16.0 Å². The van der Waals surface area contributed by atoms with Crippen molar-refractivity contribution >= 4 is 45.8 Å². The maximum absolute atomic E-state index is 12.8. The minimum Gasteiger partial charge on any atom is -0.370 e. The predicted octanol–water partition coefficient (Wildman–Crippen LogP) is 2.03. The molecule has 0 radical (unpaired) electrons. The quantitative estimate of drug-likeness (QED) is 0.132. The molecule has 1 amide bonds. The number of amidine groups is 1. The van der Waals surface area contributed by atoms with E-state index in [9.17, 15) is 14.9 Å². The van der Waals surface area contributed by atoms with Crippen LogP contribution in [-0.2, 0) is 11.3 Å². The fourth-order valence-electron chi connectivity index (χ4n) is 2.70. The molecule has 12 heteroatoms. The number of carbonyl (C=O) groups excluding carboxylic acids is 1. The van der Waals surface area contributed by atoms with Gasteiger partial charge in [-0.1, -0.05) is 30.3 Å². The van der Waals surface area contributed by atoms with Gasteiger partial charge in [-0.05, 0) is 21.9 Å². The van der Waals surface area contributed by atoms with Crippen molar-refractivity contribution in [3.63, 3.8) is 0 Å². The van der Waals surface area contributed by atoms with E-state index in [0.717, 1.165) is 5.56 Å². The Kier molecular flexibility index (Phi) is 6.75. The Bertz CT molecular complexity index is 1060. The zero-order chi connectivity index (χ0) is 21.5. The Morgan fingerprint density at radius 2 is 1.90 bits per heavy atom. The molecule has 1 atom stereocenters. The molecule has 1 aromatic heterocycles. The van der Waals surface area contributed by atoms with E-state index in [1.807, 2.05) is 30.3 Å². The van der Waals surface area contributed by atoms with Crippen molar-refractivity contribution in [2.75, 3.05) is 17.7 Å². The SMILES string of the molecule is N=C(CCl)NC[C@H](Nc1ccc([N+](=O)[O-])c2nonc12)C(=O)NCc1ccccc1. The van der Waals surface area contributed by atoms with Crippen LogP contribution in [0.25, 0.3) is 11.0 Å². The molecular weight excluding hydrogens is 414 g/mol.